The monoisotopic (exact) mass is 508 g/mol. The smallest absolute Gasteiger partial charge is 0.191 e. The van der Waals surface area contributed by atoms with Gasteiger partial charge in [-0.25, -0.2) is 4.98 Å². The summed E-state index contributed by atoms with van der Waals surface area (Å²) < 4.78 is 11.8. The molecule has 0 bridgehead atoms. The summed E-state index contributed by atoms with van der Waals surface area (Å²) in [6.45, 7) is 1.48. The van der Waals surface area contributed by atoms with Gasteiger partial charge in [0.1, 0.15) is 15.8 Å². The first-order valence-electron chi connectivity index (χ1n) is 7.94. The van der Waals surface area contributed by atoms with E-state index in [1.807, 2.05) is 29.8 Å². The number of halogens is 1. The van der Waals surface area contributed by atoms with E-state index in [1.54, 1.807) is 44.4 Å². The van der Waals surface area contributed by atoms with Crippen molar-refractivity contribution in [1.82, 2.24) is 15.6 Å². The third kappa shape index (κ3) is 7.58. The predicted molar refractivity (Wildman–Crippen MR) is 121 cm³/mol. The molecule has 0 atom stereocenters. The van der Waals surface area contributed by atoms with Gasteiger partial charge in [-0.05, 0) is 18.6 Å². The number of aliphatic imine (C=N–C) groups is 1. The first-order valence-corrected chi connectivity index (χ1v) is 9.81. The van der Waals surface area contributed by atoms with Crippen molar-refractivity contribution >= 4 is 53.0 Å². The van der Waals surface area contributed by atoms with Crippen molar-refractivity contribution in [3.63, 3.8) is 0 Å². The normalized spacial score (nSPS) is 10.8. The van der Waals surface area contributed by atoms with Gasteiger partial charge in [0, 0.05) is 49.1 Å². The summed E-state index contributed by atoms with van der Waals surface area (Å²) in [6, 6.07) is 5.79. The van der Waals surface area contributed by atoms with Crippen molar-refractivity contribution in [2.75, 3.05) is 33.6 Å². The summed E-state index contributed by atoms with van der Waals surface area (Å²) in [5, 5.41) is 8.63. The quantitative estimate of drug-likeness (QED) is 0.177. The zero-order chi connectivity index (χ0) is 17.9. The number of ether oxygens (including phenoxy) is 2. The molecule has 0 radical (unpaired) electrons. The molecule has 0 aliphatic carbocycles. The molecule has 1 heterocycles. The standard InChI is InChI=1S/C17H24N4O2S2.HI/c1-18-16(19-7-4-9-24-17-20-8-10-25-17)21-12-13-5-6-14(22-2)11-15(13)23-3;/h5-6,8,10-11H,4,7,9,12H2,1-3H3,(H2,18,19,21);1H. The number of thiazole rings is 1. The molecule has 2 aromatic rings. The van der Waals surface area contributed by atoms with Gasteiger partial charge in [0.25, 0.3) is 0 Å². The van der Waals surface area contributed by atoms with Crippen LogP contribution in [0.2, 0.25) is 0 Å². The number of thioether (sulfide) groups is 1. The molecule has 2 N–H and O–H groups in total. The molecule has 0 saturated heterocycles. The zero-order valence-corrected chi connectivity index (χ0v) is 19.1. The molecular formula is C17H25IN4O2S2. The summed E-state index contributed by atoms with van der Waals surface area (Å²) in [5.41, 5.74) is 1.05. The Kier molecular flexibility index (Phi) is 11.5. The molecule has 0 aliphatic rings. The molecular weight excluding hydrogens is 483 g/mol. The molecule has 2 rings (SSSR count). The SMILES string of the molecule is CN=C(NCCCSc1nccs1)NCc1ccc(OC)cc1OC.I. The van der Waals surface area contributed by atoms with Crippen molar-refractivity contribution in [2.45, 2.75) is 17.3 Å². The summed E-state index contributed by atoms with van der Waals surface area (Å²) in [6.07, 6.45) is 2.88. The van der Waals surface area contributed by atoms with E-state index in [4.69, 9.17) is 9.47 Å². The van der Waals surface area contributed by atoms with E-state index in [0.29, 0.717) is 6.54 Å². The van der Waals surface area contributed by atoms with E-state index in [9.17, 15) is 0 Å². The third-order valence-corrected chi connectivity index (χ3v) is 5.47. The van der Waals surface area contributed by atoms with Crippen molar-refractivity contribution < 1.29 is 9.47 Å². The summed E-state index contributed by atoms with van der Waals surface area (Å²) >= 11 is 3.46. The van der Waals surface area contributed by atoms with Crippen molar-refractivity contribution in [2.24, 2.45) is 4.99 Å². The number of rotatable bonds is 9. The number of methoxy groups -OCH3 is 2. The number of nitrogens with zero attached hydrogens (tertiary/aromatic N) is 2. The lowest BCUT2D eigenvalue weighted by atomic mass is 10.2. The van der Waals surface area contributed by atoms with Crippen LogP contribution in [0, 0.1) is 0 Å². The predicted octanol–water partition coefficient (Wildman–Crippen LogP) is 3.63. The molecule has 0 spiro atoms. The van der Waals surface area contributed by atoms with Crippen LogP contribution in [0.3, 0.4) is 0 Å². The Hall–Kier alpha value is -1.20. The fourth-order valence-electron chi connectivity index (χ4n) is 2.12. The van der Waals surface area contributed by atoms with E-state index < -0.39 is 0 Å². The van der Waals surface area contributed by atoms with Gasteiger partial charge < -0.3 is 20.1 Å². The average Bonchev–Trinajstić information content (AvgIpc) is 3.17. The fourth-order valence-corrected chi connectivity index (χ4v) is 3.76. The van der Waals surface area contributed by atoms with Crippen LogP contribution in [-0.4, -0.2) is 44.5 Å². The maximum atomic E-state index is 5.41. The molecule has 1 aromatic carbocycles. The van der Waals surface area contributed by atoms with Crippen LogP contribution >= 0.6 is 47.1 Å². The first-order chi connectivity index (χ1) is 12.3. The number of hydrogen-bond donors (Lipinski definition) is 2. The summed E-state index contributed by atoms with van der Waals surface area (Å²) in [4.78, 5) is 8.51. The average molecular weight is 508 g/mol. The van der Waals surface area contributed by atoms with Gasteiger partial charge in [0.15, 0.2) is 5.96 Å². The van der Waals surface area contributed by atoms with Crippen LogP contribution in [0.15, 0.2) is 39.1 Å². The maximum absolute atomic E-state index is 5.41. The maximum Gasteiger partial charge on any atom is 0.191 e. The molecule has 0 unspecified atom stereocenters. The van der Waals surface area contributed by atoms with Crippen LogP contribution in [0.4, 0.5) is 0 Å². The molecule has 0 fully saturated rings. The molecule has 0 saturated carbocycles. The van der Waals surface area contributed by atoms with E-state index >= 15 is 0 Å². The Morgan fingerprint density at radius 1 is 1.27 bits per heavy atom. The fraction of sp³-hybridized carbons (Fsp3) is 0.412. The van der Waals surface area contributed by atoms with Crippen LogP contribution in [0.5, 0.6) is 11.5 Å². The lowest BCUT2D eigenvalue weighted by Crippen LogP contribution is -2.37. The van der Waals surface area contributed by atoms with Crippen molar-refractivity contribution in [1.29, 1.82) is 0 Å². The highest BCUT2D eigenvalue weighted by Gasteiger charge is 2.06. The molecule has 144 valence electrons. The Balaban J connectivity index is 0.00000338. The highest BCUT2D eigenvalue weighted by Crippen LogP contribution is 2.24. The van der Waals surface area contributed by atoms with Crippen LogP contribution in [0.25, 0.3) is 0 Å². The van der Waals surface area contributed by atoms with E-state index in [-0.39, 0.29) is 24.0 Å². The Bertz CT molecular complexity index is 669. The van der Waals surface area contributed by atoms with Crippen molar-refractivity contribution in [3.05, 3.63) is 35.3 Å². The minimum atomic E-state index is 0. The second-order valence-electron chi connectivity index (χ2n) is 5.03. The van der Waals surface area contributed by atoms with E-state index in [0.717, 1.165) is 46.1 Å². The lowest BCUT2D eigenvalue weighted by Gasteiger charge is -2.14. The van der Waals surface area contributed by atoms with Crippen molar-refractivity contribution in [3.8, 4) is 11.5 Å². The van der Waals surface area contributed by atoms with Gasteiger partial charge in [-0.15, -0.1) is 35.3 Å². The highest BCUT2D eigenvalue weighted by atomic mass is 127. The molecule has 0 amide bonds. The lowest BCUT2D eigenvalue weighted by molar-refractivity contribution is 0.390. The molecule has 9 heteroatoms. The topological polar surface area (TPSA) is 67.8 Å². The number of nitrogens with one attached hydrogen (secondary N) is 2. The van der Waals surface area contributed by atoms with Gasteiger partial charge in [-0.1, -0.05) is 11.8 Å². The Morgan fingerprint density at radius 2 is 2.12 bits per heavy atom. The largest absolute Gasteiger partial charge is 0.497 e. The number of guanidine groups is 1. The van der Waals surface area contributed by atoms with Crippen LogP contribution in [0.1, 0.15) is 12.0 Å². The number of aromatic nitrogens is 1. The minimum absolute atomic E-state index is 0. The second-order valence-corrected chi connectivity index (χ2v) is 7.27. The van der Waals surface area contributed by atoms with E-state index in [2.05, 4.69) is 20.6 Å². The van der Waals surface area contributed by atoms with Gasteiger partial charge in [-0.2, -0.15) is 0 Å². The zero-order valence-electron chi connectivity index (χ0n) is 15.2. The molecule has 0 aliphatic heterocycles. The third-order valence-electron chi connectivity index (χ3n) is 3.41. The van der Waals surface area contributed by atoms with E-state index in [1.165, 1.54) is 0 Å². The number of hydrogen-bond acceptors (Lipinski definition) is 6. The first kappa shape index (κ1) is 22.8. The number of benzene rings is 1. The molecule has 26 heavy (non-hydrogen) atoms. The van der Waals surface area contributed by atoms with Gasteiger partial charge in [-0.3, -0.25) is 4.99 Å². The highest BCUT2D eigenvalue weighted by molar-refractivity contribution is 14.0. The molecule has 1 aromatic heterocycles. The Morgan fingerprint density at radius 3 is 2.77 bits per heavy atom. The summed E-state index contributed by atoms with van der Waals surface area (Å²) in [7, 11) is 5.07. The second kappa shape index (κ2) is 13.0. The van der Waals surface area contributed by atoms with Crippen LogP contribution in [-0.2, 0) is 6.54 Å². The minimum Gasteiger partial charge on any atom is -0.497 e. The van der Waals surface area contributed by atoms with Gasteiger partial charge in [0.05, 0.1) is 14.2 Å². The molecule has 6 nitrogen and oxygen atoms in total. The van der Waals surface area contributed by atoms with Crippen LogP contribution < -0.4 is 20.1 Å². The van der Waals surface area contributed by atoms with Gasteiger partial charge >= 0.3 is 0 Å². The summed E-state index contributed by atoms with van der Waals surface area (Å²) in [5.74, 6) is 3.38. The Labute approximate surface area is 180 Å². The van der Waals surface area contributed by atoms with Gasteiger partial charge in [0.2, 0.25) is 0 Å².